The van der Waals surface area contributed by atoms with Crippen molar-refractivity contribution < 1.29 is 9.90 Å². The van der Waals surface area contributed by atoms with Gasteiger partial charge >= 0.3 is 0 Å². The number of rotatable bonds is 3. The van der Waals surface area contributed by atoms with Gasteiger partial charge in [-0.15, -0.1) is 0 Å². The maximum atomic E-state index is 11.6. The minimum atomic E-state index is -0.860. The fraction of sp³-hybridized carbons (Fsp3) is 0.118. The number of amides is 1. The van der Waals surface area contributed by atoms with Crippen molar-refractivity contribution in [3.63, 3.8) is 0 Å². The van der Waals surface area contributed by atoms with E-state index in [1.807, 2.05) is 30.3 Å². The molecule has 4 heteroatoms. The van der Waals surface area contributed by atoms with Crippen LogP contribution in [0.1, 0.15) is 17.2 Å². The first-order valence-corrected chi connectivity index (χ1v) is 6.82. The standard InChI is InChI=1S/C17H14ClNO2/c18-15-9-5-4-8-14(15)16(20)12-19-17(21)11-10-13-6-2-1-3-7-13/h1-9,16,20H,12H2,(H,19,21). The first-order valence-electron chi connectivity index (χ1n) is 6.44. The lowest BCUT2D eigenvalue weighted by Gasteiger charge is -2.12. The number of hydrogen-bond acceptors (Lipinski definition) is 2. The fourth-order valence-corrected chi connectivity index (χ4v) is 2.00. The summed E-state index contributed by atoms with van der Waals surface area (Å²) in [6, 6.07) is 16.2. The van der Waals surface area contributed by atoms with Gasteiger partial charge in [-0.2, -0.15) is 0 Å². The fourth-order valence-electron chi connectivity index (χ4n) is 1.74. The van der Waals surface area contributed by atoms with Crippen molar-refractivity contribution in [2.75, 3.05) is 6.54 Å². The average Bonchev–Trinajstić information content (AvgIpc) is 2.52. The number of carbonyl (C=O) groups is 1. The zero-order chi connectivity index (χ0) is 15.1. The van der Waals surface area contributed by atoms with Gasteiger partial charge in [0.1, 0.15) is 0 Å². The molecule has 0 saturated carbocycles. The van der Waals surface area contributed by atoms with Gasteiger partial charge < -0.3 is 10.4 Å². The van der Waals surface area contributed by atoms with Crippen LogP contribution in [0.5, 0.6) is 0 Å². The van der Waals surface area contributed by atoms with E-state index in [0.717, 1.165) is 5.56 Å². The summed E-state index contributed by atoms with van der Waals surface area (Å²) in [5.74, 6) is 4.79. The number of benzene rings is 2. The summed E-state index contributed by atoms with van der Waals surface area (Å²) in [7, 11) is 0. The minimum absolute atomic E-state index is 0.0615. The van der Waals surface area contributed by atoms with Gasteiger partial charge in [-0.1, -0.05) is 53.9 Å². The molecule has 0 aromatic heterocycles. The van der Waals surface area contributed by atoms with Crippen molar-refractivity contribution in [2.45, 2.75) is 6.10 Å². The molecule has 0 heterocycles. The molecule has 2 N–H and O–H groups in total. The maximum absolute atomic E-state index is 11.6. The highest BCUT2D eigenvalue weighted by atomic mass is 35.5. The Balaban J connectivity index is 1.90. The number of aliphatic hydroxyl groups is 1. The number of carbonyl (C=O) groups excluding carboxylic acids is 1. The molecular formula is C17H14ClNO2. The van der Waals surface area contributed by atoms with E-state index in [4.69, 9.17) is 11.6 Å². The summed E-state index contributed by atoms with van der Waals surface area (Å²) in [6.45, 7) is 0.0615. The molecule has 0 aliphatic rings. The topological polar surface area (TPSA) is 49.3 Å². The number of nitrogens with one attached hydrogen (secondary N) is 1. The SMILES string of the molecule is O=C(C#Cc1ccccc1)NCC(O)c1ccccc1Cl. The molecular weight excluding hydrogens is 286 g/mol. The largest absolute Gasteiger partial charge is 0.387 e. The predicted octanol–water partition coefficient (Wildman–Crippen LogP) is 2.54. The van der Waals surface area contributed by atoms with Crippen molar-refractivity contribution in [3.05, 3.63) is 70.7 Å². The molecule has 0 radical (unpaired) electrons. The summed E-state index contributed by atoms with van der Waals surface area (Å²) >= 11 is 5.97. The van der Waals surface area contributed by atoms with Gasteiger partial charge in [0, 0.05) is 28.6 Å². The number of hydrogen-bond donors (Lipinski definition) is 2. The van der Waals surface area contributed by atoms with Crippen molar-refractivity contribution in [1.82, 2.24) is 5.32 Å². The van der Waals surface area contributed by atoms with Crippen LogP contribution in [-0.2, 0) is 4.79 Å². The maximum Gasteiger partial charge on any atom is 0.296 e. The van der Waals surface area contributed by atoms with Crippen LogP contribution in [0.4, 0.5) is 0 Å². The Morgan fingerprint density at radius 3 is 2.52 bits per heavy atom. The molecule has 106 valence electrons. The normalized spacial score (nSPS) is 11.1. The molecule has 1 atom stereocenters. The molecule has 0 aliphatic carbocycles. The zero-order valence-electron chi connectivity index (χ0n) is 11.2. The molecule has 3 nitrogen and oxygen atoms in total. The van der Waals surface area contributed by atoms with Gasteiger partial charge in [0.15, 0.2) is 0 Å². The monoisotopic (exact) mass is 299 g/mol. The van der Waals surface area contributed by atoms with E-state index in [0.29, 0.717) is 10.6 Å². The summed E-state index contributed by atoms with van der Waals surface area (Å²) in [5.41, 5.74) is 1.34. The summed E-state index contributed by atoms with van der Waals surface area (Å²) in [4.78, 5) is 11.6. The highest BCUT2D eigenvalue weighted by Crippen LogP contribution is 2.21. The third kappa shape index (κ3) is 4.64. The molecule has 0 fully saturated rings. The Kier molecular flexibility index (Phi) is 5.39. The highest BCUT2D eigenvalue weighted by molar-refractivity contribution is 6.31. The Hall–Kier alpha value is -2.28. The quantitative estimate of drug-likeness (QED) is 0.856. The second-order valence-electron chi connectivity index (χ2n) is 4.36. The molecule has 2 aromatic carbocycles. The van der Waals surface area contributed by atoms with Gasteiger partial charge in [0.05, 0.1) is 6.10 Å². The molecule has 0 bridgehead atoms. The molecule has 2 rings (SSSR count). The van der Waals surface area contributed by atoms with E-state index in [9.17, 15) is 9.90 Å². The van der Waals surface area contributed by atoms with Crippen LogP contribution in [-0.4, -0.2) is 17.6 Å². The van der Waals surface area contributed by atoms with E-state index in [1.165, 1.54) is 0 Å². The second-order valence-corrected chi connectivity index (χ2v) is 4.77. The van der Waals surface area contributed by atoms with Crippen LogP contribution in [0.15, 0.2) is 54.6 Å². The van der Waals surface area contributed by atoms with Crippen LogP contribution < -0.4 is 5.32 Å². The highest BCUT2D eigenvalue weighted by Gasteiger charge is 2.11. The third-order valence-corrected chi connectivity index (χ3v) is 3.16. The van der Waals surface area contributed by atoms with E-state index in [-0.39, 0.29) is 6.54 Å². The van der Waals surface area contributed by atoms with Gasteiger partial charge in [-0.25, -0.2) is 0 Å². The lowest BCUT2D eigenvalue weighted by molar-refractivity contribution is -0.116. The summed E-state index contributed by atoms with van der Waals surface area (Å²) in [6.07, 6.45) is -0.860. The Labute approximate surface area is 128 Å². The smallest absolute Gasteiger partial charge is 0.296 e. The lowest BCUT2D eigenvalue weighted by Crippen LogP contribution is -2.27. The van der Waals surface area contributed by atoms with Crippen molar-refractivity contribution in [2.24, 2.45) is 0 Å². The first kappa shape index (κ1) is 15.1. The van der Waals surface area contributed by atoms with Gasteiger partial charge in [0.25, 0.3) is 5.91 Å². The Morgan fingerprint density at radius 2 is 1.81 bits per heavy atom. The van der Waals surface area contributed by atoms with Crippen LogP contribution in [0.2, 0.25) is 5.02 Å². The number of halogens is 1. The van der Waals surface area contributed by atoms with Crippen LogP contribution in [0.3, 0.4) is 0 Å². The molecule has 1 amide bonds. The Morgan fingerprint density at radius 1 is 1.14 bits per heavy atom. The van der Waals surface area contributed by atoms with Crippen LogP contribution >= 0.6 is 11.6 Å². The van der Waals surface area contributed by atoms with Crippen LogP contribution in [0.25, 0.3) is 0 Å². The third-order valence-electron chi connectivity index (χ3n) is 2.81. The van der Waals surface area contributed by atoms with Gasteiger partial charge in [0.2, 0.25) is 0 Å². The van der Waals surface area contributed by atoms with Crippen molar-refractivity contribution in [3.8, 4) is 11.8 Å². The lowest BCUT2D eigenvalue weighted by atomic mass is 10.1. The number of aliphatic hydroxyl groups excluding tert-OH is 1. The van der Waals surface area contributed by atoms with E-state index in [2.05, 4.69) is 17.2 Å². The minimum Gasteiger partial charge on any atom is -0.387 e. The summed E-state index contributed by atoms with van der Waals surface area (Å²) < 4.78 is 0. The molecule has 1 unspecified atom stereocenters. The molecule has 2 aromatic rings. The predicted molar refractivity (Wildman–Crippen MR) is 82.7 cm³/mol. The molecule has 0 aliphatic heterocycles. The van der Waals surface area contributed by atoms with Crippen molar-refractivity contribution >= 4 is 17.5 Å². The average molecular weight is 300 g/mol. The Bertz CT molecular complexity index is 674. The van der Waals surface area contributed by atoms with Crippen molar-refractivity contribution in [1.29, 1.82) is 0 Å². The van der Waals surface area contributed by atoms with E-state index >= 15 is 0 Å². The van der Waals surface area contributed by atoms with Crippen LogP contribution in [0, 0.1) is 11.8 Å². The molecule has 21 heavy (non-hydrogen) atoms. The molecule has 0 saturated heterocycles. The molecule has 0 spiro atoms. The summed E-state index contributed by atoms with van der Waals surface area (Å²) in [5, 5.41) is 13.0. The second kappa shape index (κ2) is 7.49. The van der Waals surface area contributed by atoms with Gasteiger partial charge in [-0.05, 0) is 18.2 Å². The van der Waals surface area contributed by atoms with Gasteiger partial charge in [-0.3, -0.25) is 4.79 Å². The van der Waals surface area contributed by atoms with E-state index in [1.54, 1.807) is 24.3 Å². The zero-order valence-corrected chi connectivity index (χ0v) is 12.0. The van der Waals surface area contributed by atoms with E-state index < -0.39 is 12.0 Å². The first-order chi connectivity index (χ1) is 10.2.